The molecule has 2 rings (SSSR count). The van der Waals surface area contributed by atoms with Crippen molar-refractivity contribution in [2.75, 3.05) is 47.1 Å². The minimum Gasteiger partial charge on any atom is -0.493 e. The quantitative estimate of drug-likeness (QED) is 0.634. The van der Waals surface area contributed by atoms with Crippen molar-refractivity contribution >= 4 is 5.69 Å². The first-order valence-electron chi connectivity index (χ1n) is 7.03. The number of ether oxygens (including phenoxy) is 2. The Bertz CT molecular complexity index is 535. The molecule has 0 unspecified atom stereocenters. The zero-order valence-corrected chi connectivity index (χ0v) is 12.7. The van der Waals surface area contributed by atoms with Crippen molar-refractivity contribution in [3.05, 3.63) is 27.8 Å². The van der Waals surface area contributed by atoms with Crippen LogP contribution in [0.15, 0.2) is 12.1 Å². The van der Waals surface area contributed by atoms with Gasteiger partial charge in [-0.1, -0.05) is 0 Å². The molecule has 122 valence electrons. The van der Waals surface area contributed by atoms with E-state index in [0.717, 1.165) is 13.1 Å². The van der Waals surface area contributed by atoms with Gasteiger partial charge in [0.1, 0.15) is 6.67 Å². The summed E-state index contributed by atoms with van der Waals surface area (Å²) in [5.74, 6) is 0.618. The number of methoxy groups -OCH3 is 2. The highest BCUT2D eigenvalue weighted by molar-refractivity contribution is 5.55. The Morgan fingerprint density at radius 3 is 2.41 bits per heavy atom. The van der Waals surface area contributed by atoms with Crippen LogP contribution in [0.1, 0.15) is 11.6 Å². The Labute approximate surface area is 128 Å². The Morgan fingerprint density at radius 2 is 1.91 bits per heavy atom. The first kappa shape index (κ1) is 16.4. The summed E-state index contributed by atoms with van der Waals surface area (Å²) in [7, 11) is 2.85. The molecule has 1 fully saturated rings. The summed E-state index contributed by atoms with van der Waals surface area (Å²) in [6.45, 7) is 2.05. The van der Waals surface area contributed by atoms with E-state index in [4.69, 9.17) is 9.47 Å². The number of halogens is 1. The summed E-state index contributed by atoms with van der Waals surface area (Å²) >= 11 is 0. The second-order valence-corrected chi connectivity index (χ2v) is 4.98. The molecule has 1 aromatic rings. The lowest BCUT2D eigenvalue weighted by atomic mass is 10.0. The van der Waals surface area contributed by atoms with Crippen molar-refractivity contribution < 1.29 is 18.8 Å². The zero-order chi connectivity index (χ0) is 16.1. The van der Waals surface area contributed by atoms with Crippen molar-refractivity contribution in [3.63, 3.8) is 0 Å². The van der Waals surface area contributed by atoms with Crippen LogP contribution in [0.4, 0.5) is 10.1 Å². The van der Waals surface area contributed by atoms with E-state index in [2.05, 4.69) is 5.32 Å². The highest BCUT2D eigenvalue weighted by atomic mass is 19.1. The molecule has 0 bridgehead atoms. The Kier molecular flexibility index (Phi) is 5.51. The fourth-order valence-electron chi connectivity index (χ4n) is 2.68. The SMILES string of the molecule is COc1cc([C@@H](CF)N2CCNCC2)c([N+](=O)[O-])cc1OC. The topological polar surface area (TPSA) is 76.9 Å². The highest BCUT2D eigenvalue weighted by Gasteiger charge is 2.30. The molecular formula is C14H20FN3O4. The second kappa shape index (κ2) is 7.37. The lowest BCUT2D eigenvalue weighted by Crippen LogP contribution is -2.45. The van der Waals surface area contributed by atoms with Crippen molar-refractivity contribution in [2.24, 2.45) is 0 Å². The largest absolute Gasteiger partial charge is 0.493 e. The normalized spacial score (nSPS) is 17.0. The summed E-state index contributed by atoms with van der Waals surface area (Å²) < 4.78 is 23.9. The molecular weight excluding hydrogens is 293 g/mol. The maximum atomic E-state index is 13.6. The summed E-state index contributed by atoms with van der Waals surface area (Å²) in [6.07, 6.45) is 0. The molecule has 0 amide bonds. The number of hydrogen-bond acceptors (Lipinski definition) is 6. The fourth-order valence-corrected chi connectivity index (χ4v) is 2.68. The molecule has 1 aromatic carbocycles. The molecule has 1 aliphatic rings. The number of benzene rings is 1. The first-order valence-corrected chi connectivity index (χ1v) is 7.03. The van der Waals surface area contributed by atoms with Crippen LogP contribution in [0.3, 0.4) is 0 Å². The molecule has 1 saturated heterocycles. The van der Waals surface area contributed by atoms with Crippen LogP contribution in [-0.2, 0) is 0 Å². The van der Waals surface area contributed by atoms with Gasteiger partial charge in [-0.3, -0.25) is 15.0 Å². The number of nitrogens with one attached hydrogen (secondary N) is 1. The monoisotopic (exact) mass is 313 g/mol. The number of alkyl halides is 1. The first-order chi connectivity index (χ1) is 10.6. The van der Waals surface area contributed by atoms with Gasteiger partial charge in [-0.05, 0) is 6.07 Å². The Hall–Kier alpha value is -1.93. The van der Waals surface area contributed by atoms with Gasteiger partial charge in [0.15, 0.2) is 11.5 Å². The van der Waals surface area contributed by atoms with Gasteiger partial charge < -0.3 is 14.8 Å². The Balaban J connectivity index is 2.47. The van der Waals surface area contributed by atoms with Gasteiger partial charge in [-0.25, -0.2) is 4.39 Å². The van der Waals surface area contributed by atoms with E-state index in [1.54, 1.807) is 0 Å². The number of nitro groups is 1. The van der Waals surface area contributed by atoms with Crippen LogP contribution in [-0.4, -0.2) is 56.9 Å². The molecule has 0 saturated carbocycles. The van der Waals surface area contributed by atoms with Crippen LogP contribution >= 0.6 is 0 Å². The number of hydrogen-bond donors (Lipinski definition) is 1. The molecule has 1 aliphatic heterocycles. The lowest BCUT2D eigenvalue weighted by Gasteiger charge is -2.33. The minimum atomic E-state index is -0.698. The molecule has 0 spiro atoms. The third kappa shape index (κ3) is 3.28. The van der Waals surface area contributed by atoms with E-state index < -0.39 is 17.6 Å². The third-order valence-electron chi connectivity index (χ3n) is 3.83. The second-order valence-electron chi connectivity index (χ2n) is 4.98. The number of piperazine rings is 1. The van der Waals surface area contributed by atoms with Crippen LogP contribution in [0, 0.1) is 10.1 Å². The minimum absolute atomic E-state index is 0.154. The molecule has 0 radical (unpaired) electrons. The van der Waals surface area contributed by atoms with Crippen LogP contribution in [0.25, 0.3) is 0 Å². The van der Waals surface area contributed by atoms with Crippen molar-refractivity contribution in [2.45, 2.75) is 6.04 Å². The van der Waals surface area contributed by atoms with Crippen LogP contribution in [0.5, 0.6) is 11.5 Å². The number of nitrogens with zero attached hydrogens (tertiary/aromatic N) is 2. The molecule has 8 heteroatoms. The van der Waals surface area contributed by atoms with Crippen LogP contribution in [0.2, 0.25) is 0 Å². The highest BCUT2D eigenvalue weighted by Crippen LogP contribution is 2.39. The maximum Gasteiger partial charge on any atom is 0.278 e. The summed E-state index contributed by atoms with van der Waals surface area (Å²) in [5, 5.41) is 14.5. The molecule has 1 N–H and O–H groups in total. The Morgan fingerprint density at radius 1 is 1.32 bits per heavy atom. The molecule has 22 heavy (non-hydrogen) atoms. The molecule has 7 nitrogen and oxygen atoms in total. The standard InChI is InChI=1S/C14H20FN3O4/c1-21-13-7-10(11(18(19)20)8-14(13)22-2)12(9-15)17-5-3-16-4-6-17/h7-8,12,16H,3-6,9H2,1-2H3/t12-/m1/s1. The average Bonchev–Trinajstić information content (AvgIpc) is 2.55. The van der Waals surface area contributed by atoms with E-state index in [1.807, 2.05) is 4.90 Å². The van der Waals surface area contributed by atoms with Gasteiger partial charge in [-0.2, -0.15) is 0 Å². The van der Waals surface area contributed by atoms with Gasteiger partial charge in [0.05, 0.1) is 36.8 Å². The van der Waals surface area contributed by atoms with Gasteiger partial charge in [-0.15, -0.1) is 0 Å². The third-order valence-corrected chi connectivity index (χ3v) is 3.83. The summed E-state index contributed by atoms with van der Waals surface area (Å²) in [4.78, 5) is 12.7. The van der Waals surface area contributed by atoms with Crippen molar-refractivity contribution in [3.8, 4) is 11.5 Å². The molecule has 1 heterocycles. The predicted octanol–water partition coefficient (Wildman–Crippen LogP) is 1.53. The van der Waals surface area contributed by atoms with Gasteiger partial charge in [0.2, 0.25) is 0 Å². The van der Waals surface area contributed by atoms with E-state index >= 15 is 0 Å². The maximum absolute atomic E-state index is 13.6. The number of rotatable bonds is 6. The lowest BCUT2D eigenvalue weighted by molar-refractivity contribution is -0.386. The zero-order valence-electron chi connectivity index (χ0n) is 12.7. The molecule has 1 atom stereocenters. The summed E-state index contributed by atoms with van der Waals surface area (Å²) in [5.41, 5.74) is 0.158. The van der Waals surface area contributed by atoms with Crippen LogP contribution < -0.4 is 14.8 Å². The predicted molar refractivity (Wildman–Crippen MR) is 79.4 cm³/mol. The molecule has 0 aliphatic carbocycles. The van der Waals surface area contributed by atoms with Gasteiger partial charge in [0, 0.05) is 26.2 Å². The number of nitro benzene ring substituents is 1. The van der Waals surface area contributed by atoms with E-state index in [9.17, 15) is 14.5 Å². The summed E-state index contributed by atoms with van der Waals surface area (Å²) in [6, 6.07) is 2.13. The van der Waals surface area contributed by atoms with Crippen molar-refractivity contribution in [1.82, 2.24) is 10.2 Å². The molecule has 0 aromatic heterocycles. The van der Waals surface area contributed by atoms with Crippen molar-refractivity contribution in [1.29, 1.82) is 0 Å². The van der Waals surface area contributed by atoms with Gasteiger partial charge in [0.25, 0.3) is 5.69 Å². The van der Waals surface area contributed by atoms with E-state index in [1.165, 1.54) is 26.4 Å². The van der Waals surface area contributed by atoms with E-state index in [-0.39, 0.29) is 11.4 Å². The van der Waals surface area contributed by atoms with E-state index in [0.29, 0.717) is 24.4 Å². The fraction of sp³-hybridized carbons (Fsp3) is 0.571. The average molecular weight is 313 g/mol. The smallest absolute Gasteiger partial charge is 0.278 e. The van der Waals surface area contributed by atoms with Gasteiger partial charge >= 0.3 is 0 Å².